The Balaban J connectivity index is 1.64. The average molecular weight is 592 g/mol. The number of carbonyl (C=O) groups excluding carboxylic acids is 3. The van der Waals surface area contributed by atoms with E-state index in [4.69, 9.17) is 0 Å². The second-order valence-corrected chi connectivity index (χ2v) is 11.4. The standard InChI is InChI=1S/C22H18BrF4N3O5S/c1-12(22(25,26)27)29(9-13-2-5-15(24)6-3-13)18(31)10-30-19(32)21(28-20(30)33)11-36(34,35)17-8-14(23)4-7-16(17)21/h2-8,12H,9-11H2,1H3,(H,28,33)/t12-,21?/m0/s1. The molecule has 1 N–H and O–H groups in total. The van der Waals surface area contributed by atoms with Crippen LogP contribution in [0.2, 0.25) is 0 Å². The predicted molar refractivity (Wildman–Crippen MR) is 121 cm³/mol. The third-order valence-corrected chi connectivity index (χ3v) is 8.46. The number of alkyl halides is 3. The normalized spacial score (nSPS) is 21.4. The van der Waals surface area contributed by atoms with Crippen molar-refractivity contribution in [3.05, 3.63) is 63.9 Å². The third kappa shape index (κ3) is 4.47. The van der Waals surface area contributed by atoms with Crippen LogP contribution >= 0.6 is 15.9 Å². The number of hydrogen-bond acceptors (Lipinski definition) is 5. The Hall–Kier alpha value is -3.00. The summed E-state index contributed by atoms with van der Waals surface area (Å²) in [5.41, 5.74) is -1.80. The molecule has 1 spiro atoms. The van der Waals surface area contributed by atoms with Crippen molar-refractivity contribution < 1.29 is 40.4 Å². The molecule has 1 fully saturated rings. The molecule has 2 atom stereocenters. The Morgan fingerprint density at radius 2 is 1.83 bits per heavy atom. The van der Waals surface area contributed by atoms with E-state index in [1.165, 1.54) is 30.3 Å². The Morgan fingerprint density at radius 1 is 1.19 bits per heavy atom. The molecule has 2 aliphatic heterocycles. The summed E-state index contributed by atoms with van der Waals surface area (Å²) in [4.78, 5) is 39.7. The molecule has 36 heavy (non-hydrogen) atoms. The van der Waals surface area contributed by atoms with Crippen molar-refractivity contribution in [3.63, 3.8) is 0 Å². The SMILES string of the molecule is C[C@H](N(Cc1ccc(F)cc1)C(=O)CN1C(=O)NC2(CS(=O)(=O)c3cc(Br)ccc32)C1=O)C(F)(F)F. The molecule has 2 aliphatic rings. The molecule has 0 aliphatic carbocycles. The van der Waals surface area contributed by atoms with Crippen molar-refractivity contribution in [3.8, 4) is 0 Å². The summed E-state index contributed by atoms with van der Waals surface area (Å²) < 4.78 is 79.7. The summed E-state index contributed by atoms with van der Waals surface area (Å²) in [6, 6.07) is 5.16. The lowest BCUT2D eigenvalue weighted by atomic mass is 9.92. The Labute approximate surface area is 211 Å². The van der Waals surface area contributed by atoms with Crippen LogP contribution in [-0.2, 0) is 31.5 Å². The van der Waals surface area contributed by atoms with E-state index in [0.717, 1.165) is 19.1 Å². The van der Waals surface area contributed by atoms with Gasteiger partial charge in [-0.3, -0.25) is 14.5 Å². The van der Waals surface area contributed by atoms with Crippen LogP contribution in [0, 0.1) is 5.82 Å². The number of carbonyl (C=O) groups is 3. The smallest absolute Gasteiger partial charge is 0.325 e. The van der Waals surface area contributed by atoms with Crippen LogP contribution in [0.5, 0.6) is 0 Å². The second-order valence-electron chi connectivity index (χ2n) is 8.49. The summed E-state index contributed by atoms with van der Waals surface area (Å²) >= 11 is 3.15. The number of nitrogens with one attached hydrogen (secondary N) is 1. The number of imide groups is 1. The fourth-order valence-electron chi connectivity index (χ4n) is 4.23. The van der Waals surface area contributed by atoms with Gasteiger partial charge in [0.15, 0.2) is 15.4 Å². The molecule has 2 aromatic rings. The van der Waals surface area contributed by atoms with Crippen molar-refractivity contribution in [2.24, 2.45) is 0 Å². The van der Waals surface area contributed by atoms with Gasteiger partial charge in [0.05, 0.1) is 10.6 Å². The van der Waals surface area contributed by atoms with Gasteiger partial charge in [0.25, 0.3) is 5.91 Å². The minimum absolute atomic E-state index is 0.00540. The lowest BCUT2D eigenvalue weighted by Crippen LogP contribution is -2.51. The van der Waals surface area contributed by atoms with Crippen LogP contribution in [0.4, 0.5) is 22.4 Å². The fraction of sp³-hybridized carbons (Fsp3) is 0.318. The number of fused-ring (bicyclic) bond motifs is 2. The molecule has 0 aromatic heterocycles. The van der Waals surface area contributed by atoms with Gasteiger partial charge in [-0.1, -0.05) is 34.1 Å². The predicted octanol–water partition coefficient (Wildman–Crippen LogP) is 3.10. The highest BCUT2D eigenvalue weighted by atomic mass is 79.9. The van der Waals surface area contributed by atoms with Crippen molar-refractivity contribution in [1.82, 2.24) is 15.1 Å². The molecule has 8 nitrogen and oxygen atoms in total. The van der Waals surface area contributed by atoms with Gasteiger partial charge >= 0.3 is 12.2 Å². The van der Waals surface area contributed by atoms with Crippen LogP contribution in [0.3, 0.4) is 0 Å². The van der Waals surface area contributed by atoms with E-state index in [9.17, 15) is 40.4 Å². The van der Waals surface area contributed by atoms with Gasteiger partial charge in [0.2, 0.25) is 5.91 Å². The maximum atomic E-state index is 13.5. The lowest BCUT2D eigenvalue weighted by Gasteiger charge is -2.32. The first kappa shape index (κ1) is 26.1. The van der Waals surface area contributed by atoms with Crippen molar-refractivity contribution in [2.45, 2.75) is 36.1 Å². The number of halogens is 5. The first-order valence-corrected chi connectivity index (χ1v) is 12.9. The number of urea groups is 1. The molecule has 4 rings (SSSR count). The zero-order valence-electron chi connectivity index (χ0n) is 18.5. The number of amides is 4. The van der Waals surface area contributed by atoms with E-state index in [2.05, 4.69) is 21.2 Å². The molecule has 14 heteroatoms. The van der Waals surface area contributed by atoms with E-state index in [1.807, 2.05) is 0 Å². The minimum atomic E-state index is -4.83. The largest absolute Gasteiger partial charge is 0.408 e. The maximum Gasteiger partial charge on any atom is 0.408 e. The fourth-order valence-corrected chi connectivity index (χ4v) is 6.70. The zero-order chi connectivity index (χ0) is 26.6. The van der Waals surface area contributed by atoms with E-state index in [1.54, 1.807) is 0 Å². The van der Waals surface area contributed by atoms with Crippen LogP contribution in [-0.4, -0.2) is 60.6 Å². The highest BCUT2D eigenvalue weighted by molar-refractivity contribution is 9.10. The number of hydrogen-bond donors (Lipinski definition) is 1. The van der Waals surface area contributed by atoms with Gasteiger partial charge in [-0.2, -0.15) is 13.2 Å². The molecule has 2 heterocycles. The summed E-state index contributed by atoms with van der Waals surface area (Å²) in [6.07, 6.45) is -4.83. The van der Waals surface area contributed by atoms with E-state index < -0.39 is 70.1 Å². The molecule has 0 saturated carbocycles. The first-order chi connectivity index (χ1) is 16.7. The van der Waals surface area contributed by atoms with Crippen LogP contribution in [0.15, 0.2) is 51.8 Å². The lowest BCUT2D eigenvalue weighted by molar-refractivity contribution is -0.187. The Bertz CT molecular complexity index is 1370. The number of rotatable bonds is 5. The summed E-state index contributed by atoms with van der Waals surface area (Å²) in [5, 5.41) is 2.33. The van der Waals surface area contributed by atoms with Gasteiger partial charge in [-0.25, -0.2) is 17.6 Å². The number of nitrogens with zero attached hydrogens (tertiary/aromatic N) is 2. The third-order valence-electron chi connectivity index (χ3n) is 6.14. The molecule has 2 aromatic carbocycles. The highest BCUT2D eigenvalue weighted by Gasteiger charge is 2.60. The van der Waals surface area contributed by atoms with Crippen molar-refractivity contribution in [2.75, 3.05) is 12.3 Å². The molecule has 1 unspecified atom stereocenters. The van der Waals surface area contributed by atoms with Crippen LogP contribution in [0.25, 0.3) is 0 Å². The molecule has 0 radical (unpaired) electrons. The summed E-state index contributed by atoms with van der Waals surface area (Å²) in [5.74, 6) is -3.68. The first-order valence-electron chi connectivity index (χ1n) is 10.4. The zero-order valence-corrected chi connectivity index (χ0v) is 20.9. The second kappa shape index (κ2) is 8.83. The quantitative estimate of drug-likeness (QED) is 0.425. The molecule has 0 bridgehead atoms. The van der Waals surface area contributed by atoms with Crippen molar-refractivity contribution >= 4 is 43.6 Å². The van der Waals surface area contributed by atoms with Crippen molar-refractivity contribution in [1.29, 1.82) is 0 Å². The van der Waals surface area contributed by atoms with E-state index >= 15 is 0 Å². The van der Waals surface area contributed by atoms with Gasteiger partial charge in [-0.05, 0) is 36.8 Å². The monoisotopic (exact) mass is 591 g/mol. The Morgan fingerprint density at radius 3 is 2.44 bits per heavy atom. The highest BCUT2D eigenvalue weighted by Crippen LogP contribution is 2.43. The molecular formula is C22H18BrF4N3O5S. The van der Waals surface area contributed by atoms with Crippen LogP contribution in [0.1, 0.15) is 18.1 Å². The number of benzene rings is 2. The van der Waals surface area contributed by atoms with Crippen LogP contribution < -0.4 is 5.32 Å². The maximum absolute atomic E-state index is 13.5. The van der Waals surface area contributed by atoms with E-state index in [-0.39, 0.29) is 16.0 Å². The Kier molecular flexibility index (Phi) is 6.40. The molecule has 4 amide bonds. The van der Waals surface area contributed by atoms with Gasteiger partial charge < -0.3 is 10.2 Å². The average Bonchev–Trinajstić information content (AvgIpc) is 3.15. The van der Waals surface area contributed by atoms with Gasteiger partial charge in [-0.15, -0.1) is 0 Å². The molecular weight excluding hydrogens is 574 g/mol. The summed E-state index contributed by atoms with van der Waals surface area (Å²) in [7, 11) is -3.99. The van der Waals surface area contributed by atoms with E-state index in [0.29, 0.717) is 14.3 Å². The van der Waals surface area contributed by atoms with Gasteiger partial charge in [0, 0.05) is 16.6 Å². The minimum Gasteiger partial charge on any atom is -0.325 e. The molecule has 1 saturated heterocycles. The topological polar surface area (TPSA) is 104 Å². The number of sulfone groups is 1. The summed E-state index contributed by atoms with van der Waals surface area (Å²) in [6.45, 7) is -0.883. The molecule has 192 valence electrons. The van der Waals surface area contributed by atoms with Gasteiger partial charge in [0.1, 0.15) is 18.4 Å².